The minimum absolute atomic E-state index is 0.298. The second-order valence-corrected chi connectivity index (χ2v) is 4.60. The average molecular weight is 224 g/mol. The number of aromatic nitrogens is 2. The topological polar surface area (TPSA) is 65.7 Å². The maximum absolute atomic E-state index is 11.4. The van der Waals surface area contributed by atoms with Crippen LogP contribution in [0.25, 0.3) is 10.2 Å². The van der Waals surface area contributed by atoms with Crippen molar-refractivity contribution in [3.63, 3.8) is 0 Å². The van der Waals surface area contributed by atoms with Crippen LogP contribution in [0.1, 0.15) is 24.6 Å². The third-order valence-electron chi connectivity index (χ3n) is 2.26. The van der Waals surface area contributed by atoms with Gasteiger partial charge in [0.2, 0.25) is 0 Å². The van der Waals surface area contributed by atoms with E-state index in [4.69, 9.17) is 0 Å². The molecule has 0 aliphatic heterocycles. The van der Waals surface area contributed by atoms with Crippen molar-refractivity contribution >= 4 is 21.6 Å². The Morgan fingerprint density at radius 3 is 2.87 bits per heavy atom. The van der Waals surface area contributed by atoms with E-state index < -0.39 is 5.69 Å². The van der Waals surface area contributed by atoms with Gasteiger partial charge in [-0.05, 0) is 18.9 Å². The van der Waals surface area contributed by atoms with Gasteiger partial charge in [-0.1, -0.05) is 13.3 Å². The summed E-state index contributed by atoms with van der Waals surface area (Å²) in [6.07, 6.45) is 3.20. The summed E-state index contributed by atoms with van der Waals surface area (Å²) in [5.41, 5.74) is -0.732. The molecule has 15 heavy (non-hydrogen) atoms. The zero-order valence-electron chi connectivity index (χ0n) is 8.42. The number of nitrogens with one attached hydrogen (secondary N) is 2. The molecular formula is C10H12N2O2S. The van der Waals surface area contributed by atoms with Gasteiger partial charge < -0.3 is 0 Å². The van der Waals surface area contributed by atoms with E-state index in [1.54, 1.807) is 0 Å². The van der Waals surface area contributed by atoms with Crippen molar-refractivity contribution in [2.24, 2.45) is 0 Å². The van der Waals surface area contributed by atoms with Gasteiger partial charge in [0.1, 0.15) is 4.83 Å². The number of aromatic amines is 2. The number of unbranched alkanes of at least 4 members (excludes halogenated alkanes) is 1. The lowest BCUT2D eigenvalue weighted by Gasteiger charge is -1.90. The molecule has 0 amide bonds. The minimum atomic E-state index is -0.434. The molecule has 0 saturated carbocycles. The van der Waals surface area contributed by atoms with Gasteiger partial charge in [-0.15, -0.1) is 11.3 Å². The molecule has 0 spiro atoms. The molecule has 0 atom stereocenters. The van der Waals surface area contributed by atoms with Crippen LogP contribution in [-0.4, -0.2) is 9.97 Å². The fourth-order valence-electron chi connectivity index (χ4n) is 1.48. The van der Waals surface area contributed by atoms with E-state index >= 15 is 0 Å². The number of rotatable bonds is 3. The smallest absolute Gasteiger partial charge is 0.298 e. The van der Waals surface area contributed by atoms with Crippen molar-refractivity contribution in [3.05, 3.63) is 31.8 Å². The number of hydrogen-bond acceptors (Lipinski definition) is 3. The molecule has 2 aromatic heterocycles. The van der Waals surface area contributed by atoms with Gasteiger partial charge in [-0.25, -0.2) is 4.79 Å². The van der Waals surface area contributed by atoms with Crippen LogP contribution < -0.4 is 11.2 Å². The van der Waals surface area contributed by atoms with Gasteiger partial charge in [0.25, 0.3) is 5.56 Å². The molecule has 5 heteroatoms. The molecule has 2 heterocycles. The first kappa shape index (κ1) is 10.2. The molecular weight excluding hydrogens is 212 g/mol. The molecule has 0 aliphatic carbocycles. The molecule has 2 N–H and O–H groups in total. The Hall–Kier alpha value is -1.36. The third kappa shape index (κ3) is 2.02. The summed E-state index contributed by atoms with van der Waals surface area (Å²) in [5.74, 6) is 0. The highest BCUT2D eigenvalue weighted by molar-refractivity contribution is 7.18. The van der Waals surface area contributed by atoms with E-state index in [2.05, 4.69) is 16.9 Å². The fourth-order valence-corrected chi connectivity index (χ4v) is 2.57. The van der Waals surface area contributed by atoms with E-state index in [1.807, 2.05) is 6.07 Å². The van der Waals surface area contributed by atoms with Crippen molar-refractivity contribution in [2.75, 3.05) is 0 Å². The van der Waals surface area contributed by atoms with Crippen molar-refractivity contribution in [1.29, 1.82) is 0 Å². The van der Waals surface area contributed by atoms with Crippen LogP contribution in [-0.2, 0) is 6.42 Å². The molecule has 0 unspecified atom stereocenters. The van der Waals surface area contributed by atoms with Crippen LogP contribution in [0.4, 0.5) is 0 Å². The zero-order chi connectivity index (χ0) is 10.8. The first-order valence-corrected chi connectivity index (χ1v) is 5.77. The van der Waals surface area contributed by atoms with E-state index in [-0.39, 0.29) is 5.56 Å². The predicted octanol–water partition coefficient (Wildman–Crippen LogP) is 1.62. The van der Waals surface area contributed by atoms with E-state index in [1.165, 1.54) is 11.3 Å². The molecule has 0 saturated heterocycles. The highest BCUT2D eigenvalue weighted by Crippen LogP contribution is 2.21. The van der Waals surface area contributed by atoms with Crippen LogP contribution >= 0.6 is 11.3 Å². The van der Waals surface area contributed by atoms with Gasteiger partial charge in [-0.2, -0.15) is 0 Å². The van der Waals surface area contributed by atoms with Crippen molar-refractivity contribution in [2.45, 2.75) is 26.2 Å². The van der Waals surface area contributed by atoms with Gasteiger partial charge >= 0.3 is 5.69 Å². The molecule has 0 fully saturated rings. The van der Waals surface area contributed by atoms with E-state index in [9.17, 15) is 9.59 Å². The monoisotopic (exact) mass is 224 g/mol. The Labute approximate surface area is 90.0 Å². The lowest BCUT2D eigenvalue weighted by Crippen LogP contribution is -2.20. The second kappa shape index (κ2) is 4.02. The Bertz CT molecular complexity index is 579. The lowest BCUT2D eigenvalue weighted by molar-refractivity contribution is 0.804. The predicted molar refractivity (Wildman–Crippen MR) is 61.7 cm³/mol. The molecule has 0 bridgehead atoms. The Kier molecular flexibility index (Phi) is 2.73. The molecule has 0 aliphatic rings. The van der Waals surface area contributed by atoms with Crippen LogP contribution in [0.2, 0.25) is 0 Å². The summed E-state index contributed by atoms with van der Waals surface area (Å²) in [4.78, 5) is 29.1. The number of H-pyrrole nitrogens is 2. The Balaban J connectivity index is 2.51. The average Bonchev–Trinajstić information content (AvgIpc) is 2.57. The highest BCUT2D eigenvalue weighted by Gasteiger charge is 2.05. The Morgan fingerprint density at radius 1 is 1.33 bits per heavy atom. The molecule has 0 aromatic carbocycles. The summed E-state index contributed by atoms with van der Waals surface area (Å²) in [7, 11) is 0. The number of fused-ring (bicyclic) bond motifs is 1. The summed E-state index contributed by atoms with van der Waals surface area (Å²) in [6.45, 7) is 2.13. The maximum Gasteiger partial charge on any atom is 0.326 e. The van der Waals surface area contributed by atoms with Crippen LogP contribution in [0, 0.1) is 0 Å². The largest absolute Gasteiger partial charge is 0.326 e. The van der Waals surface area contributed by atoms with Crippen LogP contribution in [0.5, 0.6) is 0 Å². The van der Waals surface area contributed by atoms with Gasteiger partial charge in [0, 0.05) is 4.88 Å². The highest BCUT2D eigenvalue weighted by atomic mass is 32.1. The van der Waals surface area contributed by atoms with Crippen molar-refractivity contribution < 1.29 is 0 Å². The van der Waals surface area contributed by atoms with Crippen molar-refractivity contribution in [3.8, 4) is 0 Å². The van der Waals surface area contributed by atoms with Crippen molar-refractivity contribution in [1.82, 2.24) is 9.97 Å². The third-order valence-corrected chi connectivity index (χ3v) is 3.37. The molecule has 4 nitrogen and oxygen atoms in total. The second-order valence-electron chi connectivity index (χ2n) is 3.47. The van der Waals surface area contributed by atoms with Crippen LogP contribution in [0.3, 0.4) is 0 Å². The van der Waals surface area contributed by atoms with E-state index in [0.717, 1.165) is 24.1 Å². The minimum Gasteiger partial charge on any atom is -0.298 e. The zero-order valence-corrected chi connectivity index (χ0v) is 9.24. The maximum atomic E-state index is 11.4. The molecule has 80 valence electrons. The number of thiophene rings is 1. The normalized spacial score (nSPS) is 11.0. The van der Waals surface area contributed by atoms with Gasteiger partial charge in [-0.3, -0.25) is 14.8 Å². The first-order chi connectivity index (χ1) is 7.20. The first-order valence-electron chi connectivity index (χ1n) is 4.95. The van der Waals surface area contributed by atoms with Crippen LogP contribution in [0.15, 0.2) is 15.7 Å². The number of aryl methyl sites for hydroxylation is 1. The summed E-state index contributed by atoms with van der Waals surface area (Å²) >= 11 is 1.49. The van der Waals surface area contributed by atoms with E-state index in [0.29, 0.717) is 10.2 Å². The molecule has 2 rings (SSSR count). The Morgan fingerprint density at radius 2 is 2.13 bits per heavy atom. The summed E-state index contributed by atoms with van der Waals surface area (Å²) < 4.78 is 0. The SMILES string of the molecule is CCCCc1cc2c(=O)[nH]c(=O)[nH]c2s1. The fraction of sp³-hybridized carbons (Fsp3) is 0.400. The summed E-state index contributed by atoms with van der Waals surface area (Å²) in [5, 5.41) is 0.589. The van der Waals surface area contributed by atoms with Gasteiger partial charge in [0.05, 0.1) is 5.39 Å². The quantitative estimate of drug-likeness (QED) is 0.832. The standard InChI is InChI=1S/C10H12N2O2S/c1-2-3-4-6-5-7-8(13)11-10(14)12-9(7)15-6/h5H,2-4H2,1H3,(H2,11,12,13,14). The van der Waals surface area contributed by atoms with Gasteiger partial charge in [0.15, 0.2) is 0 Å². The summed E-state index contributed by atoms with van der Waals surface area (Å²) in [6, 6.07) is 1.87. The lowest BCUT2D eigenvalue weighted by atomic mass is 10.2. The molecule has 2 aromatic rings. The molecule has 0 radical (unpaired) electrons. The number of hydrogen-bond donors (Lipinski definition) is 2.